The lowest BCUT2D eigenvalue weighted by Crippen LogP contribution is -2.36. The zero-order chi connectivity index (χ0) is 15.1. The largest absolute Gasteiger partial charge is 0.483 e. The molecular weight excluding hydrogens is 250 g/mol. The van der Waals surface area contributed by atoms with Crippen molar-refractivity contribution in [3.05, 3.63) is 28.8 Å². The third-order valence-corrected chi connectivity index (χ3v) is 3.48. The molecule has 0 saturated heterocycles. The SMILES string of the molecule is CCCN(CCC)C(=O)COc1cc(C)c(C)cc1C. The molecule has 0 aromatic heterocycles. The van der Waals surface area contributed by atoms with Gasteiger partial charge in [-0.2, -0.15) is 0 Å². The van der Waals surface area contributed by atoms with Crippen LogP contribution in [0.25, 0.3) is 0 Å². The van der Waals surface area contributed by atoms with E-state index in [1.165, 1.54) is 11.1 Å². The van der Waals surface area contributed by atoms with Crippen molar-refractivity contribution in [3.63, 3.8) is 0 Å². The molecule has 1 rings (SSSR count). The number of rotatable bonds is 7. The van der Waals surface area contributed by atoms with Gasteiger partial charge in [-0.1, -0.05) is 19.9 Å². The zero-order valence-corrected chi connectivity index (χ0v) is 13.5. The number of ether oxygens (including phenoxy) is 1. The maximum Gasteiger partial charge on any atom is 0.260 e. The second-order valence-electron chi connectivity index (χ2n) is 5.37. The van der Waals surface area contributed by atoms with Gasteiger partial charge in [-0.25, -0.2) is 0 Å². The molecule has 0 unspecified atom stereocenters. The molecule has 0 bridgehead atoms. The number of amides is 1. The van der Waals surface area contributed by atoms with Crippen LogP contribution in [0.3, 0.4) is 0 Å². The number of carbonyl (C=O) groups excluding carboxylic acids is 1. The third kappa shape index (κ3) is 4.55. The van der Waals surface area contributed by atoms with Crippen LogP contribution in [0.4, 0.5) is 0 Å². The van der Waals surface area contributed by atoms with Crippen LogP contribution in [0.2, 0.25) is 0 Å². The van der Waals surface area contributed by atoms with Crippen LogP contribution >= 0.6 is 0 Å². The fourth-order valence-corrected chi connectivity index (χ4v) is 2.22. The highest BCUT2D eigenvalue weighted by molar-refractivity contribution is 5.77. The molecule has 1 amide bonds. The normalized spacial score (nSPS) is 10.4. The van der Waals surface area contributed by atoms with E-state index in [0.717, 1.165) is 37.2 Å². The zero-order valence-electron chi connectivity index (χ0n) is 13.5. The summed E-state index contributed by atoms with van der Waals surface area (Å²) in [6.07, 6.45) is 1.96. The molecule has 112 valence electrons. The Balaban J connectivity index is 2.66. The van der Waals surface area contributed by atoms with E-state index in [-0.39, 0.29) is 12.5 Å². The average molecular weight is 277 g/mol. The van der Waals surface area contributed by atoms with Gasteiger partial charge in [-0.15, -0.1) is 0 Å². The van der Waals surface area contributed by atoms with Gasteiger partial charge in [0.15, 0.2) is 6.61 Å². The summed E-state index contributed by atoms with van der Waals surface area (Å²) in [6.45, 7) is 12.1. The fraction of sp³-hybridized carbons (Fsp3) is 0.588. The van der Waals surface area contributed by atoms with Gasteiger partial charge in [0.2, 0.25) is 0 Å². The van der Waals surface area contributed by atoms with Crippen molar-refractivity contribution < 1.29 is 9.53 Å². The first-order valence-electron chi connectivity index (χ1n) is 7.48. The fourth-order valence-electron chi connectivity index (χ4n) is 2.22. The number of carbonyl (C=O) groups is 1. The molecule has 0 N–H and O–H groups in total. The minimum Gasteiger partial charge on any atom is -0.483 e. The summed E-state index contributed by atoms with van der Waals surface area (Å²) in [5.74, 6) is 0.890. The van der Waals surface area contributed by atoms with Crippen LogP contribution in [0.15, 0.2) is 12.1 Å². The number of aryl methyl sites for hydroxylation is 3. The third-order valence-electron chi connectivity index (χ3n) is 3.48. The van der Waals surface area contributed by atoms with Crippen molar-refractivity contribution in [2.45, 2.75) is 47.5 Å². The Bertz CT molecular complexity index is 449. The summed E-state index contributed by atoms with van der Waals surface area (Å²) in [7, 11) is 0. The summed E-state index contributed by atoms with van der Waals surface area (Å²) >= 11 is 0. The Morgan fingerprint density at radius 1 is 1.00 bits per heavy atom. The van der Waals surface area contributed by atoms with E-state index in [9.17, 15) is 4.79 Å². The van der Waals surface area contributed by atoms with Crippen LogP contribution in [0.5, 0.6) is 5.75 Å². The van der Waals surface area contributed by atoms with E-state index in [4.69, 9.17) is 4.74 Å². The lowest BCUT2D eigenvalue weighted by atomic mass is 10.1. The topological polar surface area (TPSA) is 29.5 Å². The van der Waals surface area contributed by atoms with E-state index in [2.05, 4.69) is 33.8 Å². The number of hydrogen-bond donors (Lipinski definition) is 0. The maximum absolute atomic E-state index is 12.2. The maximum atomic E-state index is 12.2. The van der Waals surface area contributed by atoms with E-state index in [0.29, 0.717) is 0 Å². The monoisotopic (exact) mass is 277 g/mol. The van der Waals surface area contributed by atoms with Gasteiger partial charge in [-0.05, 0) is 56.4 Å². The number of benzene rings is 1. The van der Waals surface area contributed by atoms with Gasteiger partial charge in [-0.3, -0.25) is 4.79 Å². The summed E-state index contributed by atoms with van der Waals surface area (Å²) in [5, 5.41) is 0. The van der Waals surface area contributed by atoms with Gasteiger partial charge in [0.1, 0.15) is 5.75 Å². The van der Waals surface area contributed by atoms with E-state index < -0.39 is 0 Å². The molecule has 0 spiro atoms. The van der Waals surface area contributed by atoms with Crippen LogP contribution in [-0.2, 0) is 4.79 Å². The average Bonchev–Trinajstić information content (AvgIpc) is 2.41. The van der Waals surface area contributed by atoms with Gasteiger partial charge in [0, 0.05) is 13.1 Å². The van der Waals surface area contributed by atoms with Gasteiger partial charge < -0.3 is 9.64 Å². The molecule has 1 aromatic carbocycles. The van der Waals surface area contributed by atoms with Gasteiger partial charge in [0.25, 0.3) is 5.91 Å². The molecule has 0 aliphatic rings. The number of hydrogen-bond acceptors (Lipinski definition) is 2. The van der Waals surface area contributed by atoms with E-state index in [1.54, 1.807) is 0 Å². The molecule has 0 radical (unpaired) electrons. The molecule has 0 saturated carbocycles. The number of nitrogens with zero attached hydrogens (tertiary/aromatic N) is 1. The smallest absolute Gasteiger partial charge is 0.260 e. The lowest BCUT2D eigenvalue weighted by molar-refractivity contribution is -0.133. The highest BCUT2D eigenvalue weighted by atomic mass is 16.5. The van der Waals surface area contributed by atoms with Crippen LogP contribution in [-0.4, -0.2) is 30.5 Å². The lowest BCUT2D eigenvalue weighted by Gasteiger charge is -2.22. The van der Waals surface area contributed by atoms with E-state index >= 15 is 0 Å². The second kappa shape index (κ2) is 7.93. The molecule has 0 atom stereocenters. The second-order valence-corrected chi connectivity index (χ2v) is 5.37. The molecule has 0 heterocycles. The van der Waals surface area contributed by atoms with Crippen molar-refractivity contribution in [3.8, 4) is 5.75 Å². The summed E-state index contributed by atoms with van der Waals surface area (Å²) in [6, 6.07) is 4.12. The summed E-state index contributed by atoms with van der Waals surface area (Å²) in [5.41, 5.74) is 3.52. The standard InChI is InChI=1S/C17H27NO2/c1-6-8-18(9-7-2)17(19)12-20-16-11-14(4)13(3)10-15(16)5/h10-11H,6-9,12H2,1-5H3. The van der Waals surface area contributed by atoms with Crippen LogP contribution in [0, 0.1) is 20.8 Å². The highest BCUT2D eigenvalue weighted by Crippen LogP contribution is 2.22. The van der Waals surface area contributed by atoms with Crippen LogP contribution in [0.1, 0.15) is 43.4 Å². The quantitative estimate of drug-likeness (QED) is 0.761. The first kappa shape index (κ1) is 16.5. The predicted octanol–water partition coefficient (Wildman–Crippen LogP) is 3.64. The predicted molar refractivity (Wildman–Crippen MR) is 83.3 cm³/mol. The summed E-state index contributed by atoms with van der Waals surface area (Å²) in [4.78, 5) is 14.0. The Hall–Kier alpha value is -1.51. The molecule has 0 aliphatic heterocycles. The van der Waals surface area contributed by atoms with Crippen LogP contribution < -0.4 is 4.74 Å². The van der Waals surface area contributed by atoms with Crippen molar-refractivity contribution in [1.82, 2.24) is 4.90 Å². The minimum atomic E-state index is 0.0753. The highest BCUT2D eigenvalue weighted by Gasteiger charge is 2.13. The molecular formula is C17H27NO2. The molecule has 3 heteroatoms. The Morgan fingerprint density at radius 2 is 1.55 bits per heavy atom. The van der Waals surface area contributed by atoms with Crippen molar-refractivity contribution in [2.24, 2.45) is 0 Å². The first-order valence-corrected chi connectivity index (χ1v) is 7.48. The Labute approximate surface area is 122 Å². The molecule has 1 aromatic rings. The molecule has 0 aliphatic carbocycles. The van der Waals surface area contributed by atoms with Crippen molar-refractivity contribution in [1.29, 1.82) is 0 Å². The van der Waals surface area contributed by atoms with Gasteiger partial charge >= 0.3 is 0 Å². The van der Waals surface area contributed by atoms with Gasteiger partial charge in [0.05, 0.1) is 0 Å². The molecule has 3 nitrogen and oxygen atoms in total. The van der Waals surface area contributed by atoms with Crippen molar-refractivity contribution >= 4 is 5.91 Å². The molecule has 0 fully saturated rings. The van der Waals surface area contributed by atoms with Crippen molar-refractivity contribution in [2.75, 3.05) is 19.7 Å². The summed E-state index contributed by atoms with van der Waals surface area (Å²) < 4.78 is 5.72. The first-order chi connectivity index (χ1) is 9.49. The Kier molecular flexibility index (Phi) is 6.56. The molecule has 20 heavy (non-hydrogen) atoms. The Morgan fingerprint density at radius 3 is 2.10 bits per heavy atom. The minimum absolute atomic E-state index is 0.0753. The van der Waals surface area contributed by atoms with E-state index in [1.807, 2.05) is 17.9 Å².